The summed E-state index contributed by atoms with van der Waals surface area (Å²) in [4.78, 5) is 23.7. The Kier molecular flexibility index (Phi) is 5.80. The van der Waals surface area contributed by atoms with E-state index in [1.807, 2.05) is 30.3 Å². The van der Waals surface area contributed by atoms with Crippen LogP contribution in [0.25, 0.3) is 0 Å². The Morgan fingerprint density at radius 2 is 1.72 bits per heavy atom. The number of ketones is 1. The summed E-state index contributed by atoms with van der Waals surface area (Å²) in [7, 11) is 0. The summed E-state index contributed by atoms with van der Waals surface area (Å²) in [6.07, 6.45) is -0.599. The summed E-state index contributed by atoms with van der Waals surface area (Å²) in [5, 5.41) is 2.66. The van der Waals surface area contributed by atoms with Crippen molar-refractivity contribution in [2.75, 3.05) is 5.32 Å². The molecule has 5 nitrogen and oxygen atoms in total. The van der Waals surface area contributed by atoms with Crippen molar-refractivity contribution in [2.45, 2.75) is 39.9 Å². The second-order valence-electron chi connectivity index (χ2n) is 6.67. The molecule has 0 aliphatic heterocycles. The summed E-state index contributed by atoms with van der Waals surface area (Å²) in [5.74, 6) is 0.376. The Bertz CT molecular complexity index is 748. The van der Waals surface area contributed by atoms with Gasteiger partial charge in [-0.15, -0.1) is 0 Å². The molecule has 0 heterocycles. The Balaban J connectivity index is 2.19. The molecule has 0 unspecified atom stereocenters. The molecule has 0 aliphatic carbocycles. The summed E-state index contributed by atoms with van der Waals surface area (Å²) in [5.41, 5.74) is 1.27. The first-order chi connectivity index (χ1) is 11.7. The Labute approximate surface area is 148 Å². The van der Waals surface area contributed by atoms with E-state index in [1.54, 1.807) is 39.0 Å². The molecule has 0 atom stereocenters. The molecular weight excluding hydrogens is 318 g/mol. The molecule has 5 heteroatoms. The van der Waals surface area contributed by atoms with Crippen LogP contribution in [-0.2, 0) is 11.3 Å². The highest BCUT2D eigenvalue weighted by molar-refractivity contribution is 5.97. The Hall–Kier alpha value is -2.82. The maximum Gasteiger partial charge on any atom is 0.412 e. The van der Waals surface area contributed by atoms with Gasteiger partial charge in [0.05, 0.1) is 5.69 Å². The first-order valence-corrected chi connectivity index (χ1v) is 8.06. The summed E-state index contributed by atoms with van der Waals surface area (Å²) in [6, 6.07) is 14.6. The lowest BCUT2D eigenvalue weighted by Gasteiger charge is -2.20. The molecule has 132 valence electrons. The van der Waals surface area contributed by atoms with Crippen LogP contribution >= 0.6 is 0 Å². The molecule has 0 radical (unpaired) electrons. The van der Waals surface area contributed by atoms with Crippen molar-refractivity contribution in [3.05, 3.63) is 59.7 Å². The topological polar surface area (TPSA) is 64.6 Å². The number of nitrogens with one attached hydrogen (secondary N) is 1. The van der Waals surface area contributed by atoms with Gasteiger partial charge in [-0.1, -0.05) is 30.3 Å². The predicted molar refractivity (Wildman–Crippen MR) is 97.1 cm³/mol. The van der Waals surface area contributed by atoms with Crippen molar-refractivity contribution in [1.29, 1.82) is 0 Å². The number of amides is 1. The molecule has 0 spiro atoms. The van der Waals surface area contributed by atoms with Crippen LogP contribution < -0.4 is 10.1 Å². The van der Waals surface area contributed by atoms with Gasteiger partial charge < -0.3 is 9.47 Å². The maximum absolute atomic E-state index is 12.1. The molecule has 2 rings (SSSR count). The lowest BCUT2D eigenvalue weighted by molar-refractivity contribution is 0.0635. The number of hydrogen-bond acceptors (Lipinski definition) is 4. The number of hydrogen-bond donors (Lipinski definition) is 1. The zero-order chi connectivity index (χ0) is 18.4. The molecule has 2 aromatic rings. The summed E-state index contributed by atoms with van der Waals surface area (Å²) in [6.45, 7) is 7.17. The molecule has 1 amide bonds. The third-order valence-electron chi connectivity index (χ3n) is 3.26. The van der Waals surface area contributed by atoms with Gasteiger partial charge in [0.1, 0.15) is 18.0 Å². The van der Waals surface area contributed by atoms with Crippen molar-refractivity contribution in [3.63, 3.8) is 0 Å². The number of benzene rings is 2. The molecule has 0 saturated heterocycles. The maximum atomic E-state index is 12.1. The number of anilines is 1. The molecule has 25 heavy (non-hydrogen) atoms. The molecular formula is C20H23NO4. The molecule has 2 aromatic carbocycles. The standard InChI is InChI=1S/C20H23NO4/c1-14(22)16-10-11-18(24-13-15-8-6-5-7-9-15)17(12-16)21-19(23)25-20(2,3)4/h5-12H,13H2,1-4H3,(H,21,23). The monoisotopic (exact) mass is 341 g/mol. The minimum Gasteiger partial charge on any atom is -0.487 e. The van der Waals surface area contributed by atoms with E-state index in [4.69, 9.17) is 9.47 Å². The van der Waals surface area contributed by atoms with Crippen LogP contribution in [0, 0.1) is 0 Å². The molecule has 0 fully saturated rings. The van der Waals surface area contributed by atoms with Gasteiger partial charge in [0.15, 0.2) is 5.78 Å². The number of carbonyl (C=O) groups is 2. The van der Waals surface area contributed by atoms with Crippen molar-refractivity contribution < 1.29 is 19.1 Å². The molecule has 0 bridgehead atoms. The van der Waals surface area contributed by atoms with Crippen LogP contribution in [0.4, 0.5) is 10.5 Å². The van der Waals surface area contributed by atoms with Crippen molar-refractivity contribution in [1.82, 2.24) is 0 Å². The quantitative estimate of drug-likeness (QED) is 0.792. The number of Topliss-reactive ketones (excluding diaryl/α,β-unsaturated/α-hetero) is 1. The minimum atomic E-state index is -0.618. The van der Waals surface area contributed by atoms with Gasteiger partial charge in [0.25, 0.3) is 0 Å². The highest BCUT2D eigenvalue weighted by Crippen LogP contribution is 2.27. The average Bonchev–Trinajstić information content (AvgIpc) is 2.52. The van der Waals surface area contributed by atoms with Gasteiger partial charge in [-0.2, -0.15) is 0 Å². The van der Waals surface area contributed by atoms with Crippen LogP contribution in [-0.4, -0.2) is 17.5 Å². The van der Waals surface area contributed by atoms with Crippen LogP contribution in [0.2, 0.25) is 0 Å². The highest BCUT2D eigenvalue weighted by atomic mass is 16.6. The molecule has 1 N–H and O–H groups in total. The van der Waals surface area contributed by atoms with Gasteiger partial charge in [0.2, 0.25) is 0 Å². The summed E-state index contributed by atoms with van der Waals surface area (Å²) >= 11 is 0. The van der Waals surface area contributed by atoms with E-state index >= 15 is 0 Å². The van der Waals surface area contributed by atoms with E-state index in [0.29, 0.717) is 23.6 Å². The van der Waals surface area contributed by atoms with E-state index < -0.39 is 11.7 Å². The van der Waals surface area contributed by atoms with Crippen molar-refractivity contribution in [2.24, 2.45) is 0 Å². The highest BCUT2D eigenvalue weighted by Gasteiger charge is 2.18. The summed E-state index contributed by atoms with van der Waals surface area (Å²) < 4.78 is 11.1. The largest absolute Gasteiger partial charge is 0.487 e. The van der Waals surface area contributed by atoms with E-state index in [9.17, 15) is 9.59 Å². The van der Waals surface area contributed by atoms with Gasteiger partial charge in [-0.25, -0.2) is 4.79 Å². The van der Waals surface area contributed by atoms with E-state index in [2.05, 4.69) is 5.32 Å². The van der Waals surface area contributed by atoms with Gasteiger partial charge in [0, 0.05) is 5.56 Å². The fourth-order valence-corrected chi connectivity index (χ4v) is 2.12. The Morgan fingerprint density at radius 3 is 2.32 bits per heavy atom. The van der Waals surface area contributed by atoms with Gasteiger partial charge in [-0.3, -0.25) is 10.1 Å². The third kappa shape index (κ3) is 5.95. The average molecular weight is 341 g/mol. The van der Waals surface area contributed by atoms with Gasteiger partial charge in [-0.05, 0) is 51.5 Å². The first kappa shape index (κ1) is 18.5. The second-order valence-corrected chi connectivity index (χ2v) is 6.67. The Morgan fingerprint density at radius 1 is 1.04 bits per heavy atom. The number of ether oxygens (including phenoxy) is 2. The van der Waals surface area contributed by atoms with Crippen LogP contribution in [0.15, 0.2) is 48.5 Å². The third-order valence-corrected chi connectivity index (χ3v) is 3.26. The predicted octanol–water partition coefficient (Wildman–Crippen LogP) is 4.82. The fraction of sp³-hybridized carbons (Fsp3) is 0.300. The van der Waals surface area contributed by atoms with Crippen LogP contribution in [0.3, 0.4) is 0 Å². The SMILES string of the molecule is CC(=O)c1ccc(OCc2ccccc2)c(NC(=O)OC(C)(C)C)c1. The molecule has 0 aromatic heterocycles. The zero-order valence-corrected chi connectivity index (χ0v) is 15.0. The first-order valence-electron chi connectivity index (χ1n) is 8.06. The smallest absolute Gasteiger partial charge is 0.412 e. The van der Waals surface area contributed by atoms with Crippen LogP contribution in [0.5, 0.6) is 5.75 Å². The second kappa shape index (κ2) is 7.83. The number of carbonyl (C=O) groups excluding carboxylic acids is 2. The zero-order valence-electron chi connectivity index (χ0n) is 15.0. The van der Waals surface area contributed by atoms with Crippen LogP contribution in [0.1, 0.15) is 43.6 Å². The van der Waals surface area contributed by atoms with E-state index in [1.165, 1.54) is 6.92 Å². The molecule has 0 saturated carbocycles. The molecule has 0 aliphatic rings. The lowest BCUT2D eigenvalue weighted by Crippen LogP contribution is -2.27. The van der Waals surface area contributed by atoms with Crippen molar-refractivity contribution in [3.8, 4) is 5.75 Å². The number of rotatable bonds is 5. The normalized spacial score (nSPS) is 10.9. The fourth-order valence-electron chi connectivity index (χ4n) is 2.12. The van der Waals surface area contributed by atoms with E-state index in [-0.39, 0.29) is 5.78 Å². The van der Waals surface area contributed by atoms with E-state index in [0.717, 1.165) is 5.56 Å². The lowest BCUT2D eigenvalue weighted by atomic mass is 10.1. The van der Waals surface area contributed by atoms with Crippen molar-refractivity contribution >= 4 is 17.6 Å². The minimum absolute atomic E-state index is 0.0955. The van der Waals surface area contributed by atoms with Gasteiger partial charge >= 0.3 is 6.09 Å².